The minimum Gasteiger partial charge on any atom is -0.310 e. The van der Waals surface area contributed by atoms with Crippen LogP contribution in [0.5, 0.6) is 0 Å². The lowest BCUT2D eigenvalue weighted by molar-refractivity contribution is 0.380. The zero-order valence-electron chi connectivity index (χ0n) is 13.3. The van der Waals surface area contributed by atoms with Crippen LogP contribution in [-0.2, 0) is 12.0 Å². The Morgan fingerprint density at radius 3 is 2.55 bits per heavy atom. The van der Waals surface area contributed by atoms with Gasteiger partial charge in [-0.3, -0.25) is 0 Å². The lowest BCUT2D eigenvalue weighted by Gasteiger charge is -2.36. The van der Waals surface area contributed by atoms with E-state index in [1.165, 1.54) is 42.0 Å². The second-order valence-electron chi connectivity index (χ2n) is 6.93. The summed E-state index contributed by atoms with van der Waals surface area (Å²) in [4.78, 5) is 5.93. The van der Waals surface area contributed by atoms with E-state index in [1.807, 2.05) is 17.5 Å². The summed E-state index contributed by atoms with van der Waals surface area (Å²) in [5.74, 6) is 0. The summed E-state index contributed by atoms with van der Waals surface area (Å²) >= 11 is 3.92. The third-order valence-corrected chi connectivity index (χ3v) is 6.98. The van der Waals surface area contributed by atoms with E-state index >= 15 is 0 Å². The molecule has 0 saturated heterocycles. The van der Waals surface area contributed by atoms with Gasteiger partial charge in [0, 0.05) is 34.3 Å². The average molecular weight is 313 g/mol. The molecule has 1 heterocycles. The summed E-state index contributed by atoms with van der Waals surface area (Å²) in [5, 5.41) is 4.92. The smallest absolute Gasteiger partial charge is 0.0981 e. The number of nitrogens with zero attached hydrogens (tertiary/aromatic N) is 1. The molecule has 0 aromatic carbocycles. The fourth-order valence-corrected chi connectivity index (χ4v) is 4.68. The molecule has 0 amide bonds. The zero-order valence-corrected chi connectivity index (χ0v) is 14.9. The molecule has 0 spiro atoms. The number of hydrogen-bond acceptors (Lipinski definition) is 4. The van der Waals surface area contributed by atoms with Gasteiger partial charge >= 0.3 is 0 Å². The molecule has 114 valence electrons. The number of hydrogen-bond donors (Lipinski definition) is 1. The van der Waals surface area contributed by atoms with Crippen molar-refractivity contribution in [2.45, 2.75) is 69.6 Å². The SMILES string of the molecule is CSC1(CNCc2cnc(C(C)(C)C)s2)CCCCC1. The molecule has 0 aliphatic heterocycles. The Bertz CT molecular complexity index is 414. The van der Waals surface area contributed by atoms with Crippen LogP contribution >= 0.6 is 23.1 Å². The van der Waals surface area contributed by atoms with Gasteiger partial charge in [-0.25, -0.2) is 4.98 Å². The van der Waals surface area contributed by atoms with Crippen molar-refractivity contribution in [2.24, 2.45) is 0 Å². The monoisotopic (exact) mass is 312 g/mol. The van der Waals surface area contributed by atoms with Crippen molar-refractivity contribution < 1.29 is 0 Å². The minimum atomic E-state index is 0.173. The molecule has 4 heteroatoms. The lowest BCUT2D eigenvalue weighted by Crippen LogP contribution is -2.38. The fraction of sp³-hybridized carbons (Fsp3) is 0.812. The molecule has 0 bridgehead atoms. The maximum atomic E-state index is 4.56. The lowest BCUT2D eigenvalue weighted by atomic mass is 9.88. The van der Waals surface area contributed by atoms with Crippen LogP contribution in [0, 0.1) is 0 Å². The van der Waals surface area contributed by atoms with Crippen LogP contribution < -0.4 is 5.32 Å². The van der Waals surface area contributed by atoms with Gasteiger partial charge in [0.05, 0.1) is 5.01 Å². The predicted octanol–water partition coefficient (Wildman–Crippen LogP) is 4.60. The Labute approximate surface area is 132 Å². The highest BCUT2D eigenvalue weighted by atomic mass is 32.2. The first-order valence-electron chi connectivity index (χ1n) is 7.66. The van der Waals surface area contributed by atoms with E-state index in [0.717, 1.165) is 13.1 Å². The molecule has 0 unspecified atom stereocenters. The molecule has 1 aliphatic carbocycles. The van der Waals surface area contributed by atoms with Gasteiger partial charge in [0.2, 0.25) is 0 Å². The van der Waals surface area contributed by atoms with Crippen molar-refractivity contribution in [3.63, 3.8) is 0 Å². The highest BCUT2D eigenvalue weighted by Crippen LogP contribution is 2.38. The Morgan fingerprint density at radius 1 is 1.30 bits per heavy atom. The van der Waals surface area contributed by atoms with Crippen molar-refractivity contribution >= 4 is 23.1 Å². The maximum absolute atomic E-state index is 4.56. The molecule has 1 aromatic heterocycles. The van der Waals surface area contributed by atoms with Crippen LogP contribution in [0.1, 0.15) is 62.8 Å². The van der Waals surface area contributed by atoms with Gasteiger partial charge in [0.1, 0.15) is 0 Å². The van der Waals surface area contributed by atoms with Crippen LogP contribution in [0.3, 0.4) is 0 Å². The van der Waals surface area contributed by atoms with E-state index < -0.39 is 0 Å². The van der Waals surface area contributed by atoms with Gasteiger partial charge in [0.15, 0.2) is 0 Å². The summed E-state index contributed by atoms with van der Waals surface area (Å²) in [7, 11) is 0. The third-order valence-electron chi connectivity index (χ3n) is 4.14. The van der Waals surface area contributed by atoms with Crippen LogP contribution in [0.15, 0.2) is 6.20 Å². The molecular weight excluding hydrogens is 284 g/mol. The number of nitrogens with one attached hydrogen (secondary N) is 1. The summed E-state index contributed by atoms with van der Waals surface area (Å²) in [6.45, 7) is 8.79. The Balaban J connectivity index is 1.84. The largest absolute Gasteiger partial charge is 0.310 e. The summed E-state index contributed by atoms with van der Waals surface area (Å²) in [5.41, 5.74) is 0.173. The number of aromatic nitrogens is 1. The summed E-state index contributed by atoms with van der Waals surface area (Å²) < 4.78 is 0.482. The summed E-state index contributed by atoms with van der Waals surface area (Å²) in [6, 6.07) is 0. The van der Waals surface area contributed by atoms with E-state index in [1.54, 1.807) is 0 Å². The van der Waals surface area contributed by atoms with E-state index in [2.05, 4.69) is 49.1 Å². The molecule has 1 fully saturated rings. The molecular formula is C16H28N2S2. The minimum absolute atomic E-state index is 0.173. The van der Waals surface area contributed by atoms with Crippen LogP contribution in [0.2, 0.25) is 0 Å². The third kappa shape index (κ3) is 4.22. The molecule has 1 aliphatic rings. The van der Waals surface area contributed by atoms with E-state index in [4.69, 9.17) is 0 Å². The average Bonchev–Trinajstić information content (AvgIpc) is 2.89. The quantitative estimate of drug-likeness (QED) is 0.860. The first-order chi connectivity index (χ1) is 9.45. The molecule has 1 aromatic rings. The normalized spacial score (nSPS) is 19.2. The van der Waals surface area contributed by atoms with Gasteiger partial charge in [-0.15, -0.1) is 11.3 Å². The number of rotatable bonds is 5. The first-order valence-corrected chi connectivity index (χ1v) is 9.70. The van der Waals surface area contributed by atoms with Gasteiger partial charge in [-0.05, 0) is 19.1 Å². The van der Waals surface area contributed by atoms with E-state index in [-0.39, 0.29) is 5.41 Å². The van der Waals surface area contributed by atoms with Crippen LogP contribution in [-0.4, -0.2) is 22.5 Å². The standard InChI is InChI=1S/C16H28N2S2/c1-15(2,3)14-18-11-13(20-14)10-17-12-16(19-4)8-6-5-7-9-16/h11,17H,5-10,12H2,1-4H3. The van der Waals surface area contributed by atoms with Gasteiger partial charge in [0.25, 0.3) is 0 Å². The molecule has 0 atom stereocenters. The van der Waals surface area contributed by atoms with Crippen molar-refractivity contribution in [3.8, 4) is 0 Å². The Kier molecular flexibility index (Phi) is 5.55. The number of thioether (sulfide) groups is 1. The van der Waals surface area contributed by atoms with E-state index in [9.17, 15) is 0 Å². The molecule has 2 nitrogen and oxygen atoms in total. The zero-order chi connectivity index (χ0) is 14.6. The molecule has 1 saturated carbocycles. The van der Waals surface area contributed by atoms with Crippen molar-refractivity contribution in [1.82, 2.24) is 10.3 Å². The van der Waals surface area contributed by atoms with E-state index in [0.29, 0.717) is 4.75 Å². The van der Waals surface area contributed by atoms with Gasteiger partial charge in [-0.2, -0.15) is 11.8 Å². The second kappa shape index (κ2) is 6.80. The molecule has 1 N–H and O–H groups in total. The topological polar surface area (TPSA) is 24.9 Å². The van der Waals surface area contributed by atoms with Crippen molar-refractivity contribution in [1.29, 1.82) is 0 Å². The first kappa shape index (κ1) is 16.3. The predicted molar refractivity (Wildman–Crippen MR) is 91.9 cm³/mol. The Hall–Kier alpha value is -0.0600. The highest BCUT2D eigenvalue weighted by Gasteiger charge is 2.30. The maximum Gasteiger partial charge on any atom is 0.0981 e. The van der Waals surface area contributed by atoms with Gasteiger partial charge in [-0.1, -0.05) is 40.0 Å². The highest BCUT2D eigenvalue weighted by molar-refractivity contribution is 8.00. The molecule has 0 radical (unpaired) electrons. The van der Waals surface area contributed by atoms with Gasteiger partial charge < -0.3 is 5.32 Å². The van der Waals surface area contributed by atoms with Crippen LogP contribution in [0.25, 0.3) is 0 Å². The summed E-state index contributed by atoms with van der Waals surface area (Å²) in [6.07, 6.45) is 11.3. The van der Waals surface area contributed by atoms with Crippen LogP contribution in [0.4, 0.5) is 0 Å². The number of thiazole rings is 1. The molecule has 20 heavy (non-hydrogen) atoms. The fourth-order valence-electron chi connectivity index (χ4n) is 2.80. The van der Waals surface area contributed by atoms with Crippen molar-refractivity contribution in [3.05, 3.63) is 16.1 Å². The van der Waals surface area contributed by atoms with Crippen molar-refractivity contribution in [2.75, 3.05) is 12.8 Å². The second-order valence-corrected chi connectivity index (χ2v) is 9.32. The molecule has 2 rings (SSSR count). The Morgan fingerprint density at radius 2 is 2.00 bits per heavy atom.